The number of unbranched alkanes of at least 4 members (excludes halogenated alkanes) is 1. The Labute approximate surface area is 184 Å². The SMILES string of the molecule is C.C.C.C.C.C.COCCCCC(C)(C(=O)OC(C)(C)C(C)=O)C(=O)C(C)(C)C. The van der Waals surface area contributed by atoms with Crippen LogP contribution in [0.5, 0.6) is 0 Å². The van der Waals surface area contributed by atoms with Crippen LogP contribution >= 0.6 is 0 Å². The summed E-state index contributed by atoms with van der Waals surface area (Å²) >= 11 is 0. The van der Waals surface area contributed by atoms with Gasteiger partial charge in [0.2, 0.25) is 0 Å². The largest absolute Gasteiger partial charge is 0.451 e. The Morgan fingerprint density at radius 2 is 1.17 bits per heavy atom. The Hall–Kier alpha value is -1.23. The quantitative estimate of drug-likeness (QED) is 0.223. The van der Waals surface area contributed by atoms with E-state index in [9.17, 15) is 14.4 Å². The minimum atomic E-state index is -1.27. The number of hydrogen-bond donors (Lipinski definition) is 0. The van der Waals surface area contributed by atoms with E-state index in [0.717, 1.165) is 6.42 Å². The predicted octanol–water partition coefficient (Wildman–Crippen LogP) is 7.15. The molecule has 0 bridgehead atoms. The molecule has 0 spiro atoms. The van der Waals surface area contributed by atoms with Crippen molar-refractivity contribution in [1.82, 2.24) is 0 Å². The molecule has 182 valence electrons. The van der Waals surface area contributed by atoms with Crippen molar-refractivity contribution in [2.24, 2.45) is 10.8 Å². The van der Waals surface area contributed by atoms with Crippen LogP contribution in [-0.4, -0.2) is 36.9 Å². The summed E-state index contributed by atoms with van der Waals surface area (Å²) in [6.07, 6.45) is 1.80. The molecule has 0 aliphatic rings. The average Bonchev–Trinajstić information content (AvgIpc) is 2.40. The molecule has 0 aromatic heterocycles. The lowest BCUT2D eigenvalue weighted by molar-refractivity contribution is -0.176. The van der Waals surface area contributed by atoms with Crippen molar-refractivity contribution in [1.29, 1.82) is 0 Å². The van der Waals surface area contributed by atoms with Gasteiger partial charge in [0.25, 0.3) is 0 Å². The van der Waals surface area contributed by atoms with E-state index in [1.54, 1.807) is 48.7 Å². The molecule has 0 saturated heterocycles. The maximum atomic E-state index is 12.8. The van der Waals surface area contributed by atoms with Crippen molar-refractivity contribution in [3.8, 4) is 0 Å². The summed E-state index contributed by atoms with van der Waals surface area (Å²) < 4.78 is 10.4. The number of methoxy groups -OCH3 is 1. The monoisotopic (exact) mass is 424 g/mol. The van der Waals surface area contributed by atoms with Gasteiger partial charge >= 0.3 is 5.97 Å². The van der Waals surface area contributed by atoms with Crippen molar-refractivity contribution in [2.45, 2.75) is 118 Å². The molecule has 5 nitrogen and oxygen atoms in total. The fourth-order valence-electron chi connectivity index (χ4n) is 2.28. The van der Waals surface area contributed by atoms with Crippen LogP contribution in [0, 0.1) is 10.8 Å². The van der Waals surface area contributed by atoms with Crippen LogP contribution in [0.4, 0.5) is 0 Å². The summed E-state index contributed by atoms with van der Waals surface area (Å²) in [5.41, 5.74) is -3.17. The van der Waals surface area contributed by atoms with Gasteiger partial charge in [0.15, 0.2) is 17.2 Å². The Morgan fingerprint density at radius 3 is 1.48 bits per heavy atom. The van der Waals surface area contributed by atoms with Gasteiger partial charge in [0.1, 0.15) is 5.41 Å². The van der Waals surface area contributed by atoms with Gasteiger partial charge in [0, 0.05) is 19.1 Å². The fraction of sp³-hybridized carbons (Fsp3) is 0.875. The molecule has 0 aliphatic carbocycles. The zero-order chi connectivity index (χ0) is 18.5. The van der Waals surface area contributed by atoms with E-state index in [1.165, 1.54) is 6.92 Å². The minimum absolute atomic E-state index is 0. The molecule has 0 aliphatic heterocycles. The van der Waals surface area contributed by atoms with Crippen molar-refractivity contribution in [2.75, 3.05) is 13.7 Å². The lowest BCUT2D eigenvalue weighted by Gasteiger charge is -2.35. The summed E-state index contributed by atoms with van der Waals surface area (Å²) in [4.78, 5) is 37.2. The van der Waals surface area contributed by atoms with Gasteiger partial charge in [0.05, 0.1) is 0 Å². The molecule has 5 heteroatoms. The topological polar surface area (TPSA) is 69.7 Å². The van der Waals surface area contributed by atoms with Gasteiger partial charge < -0.3 is 9.47 Å². The van der Waals surface area contributed by atoms with Crippen LogP contribution in [0.15, 0.2) is 0 Å². The molecule has 29 heavy (non-hydrogen) atoms. The van der Waals surface area contributed by atoms with E-state index < -0.39 is 22.4 Å². The summed E-state index contributed by atoms with van der Waals surface area (Å²) in [7, 11) is 1.61. The third-order valence-corrected chi connectivity index (χ3v) is 4.10. The second-order valence-electron chi connectivity index (χ2n) is 7.82. The lowest BCUT2D eigenvalue weighted by Crippen LogP contribution is -2.48. The fourth-order valence-corrected chi connectivity index (χ4v) is 2.28. The molecule has 0 fully saturated rings. The maximum Gasteiger partial charge on any atom is 0.320 e. The lowest BCUT2D eigenvalue weighted by atomic mass is 9.70. The first-order chi connectivity index (χ1) is 10.3. The van der Waals surface area contributed by atoms with Crippen LogP contribution in [0.3, 0.4) is 0 Å². The first-order valence-corrected chi connectivity index (χ1v) is 8.07. The maximum absolute atomic E-state index is 12.8. The van der Waals surface area contributed by atoms with Crippen molar-refractivity contribution in [3.63, 3.8) is 0 Å². The van der Waals surface area contributed by atoms with Gasteiger partial charge in [-0.15, -0.1) is 0 Å². The number of ketones is 2. The highest BCUT2D eigenvalue weighted by Gasteiger charge is 2.48. The second kappa shape index (κ2) is 17.6. The second-order valence-corrected chi connectivity index (χ2v) is 7.82. The van der Waals surface area contributed by atoms with Gasteiger partial charge in [-0.1, -0.05) is 65.3 Å². The number of hydrogen-bond acceptors (Lipinski definition) is 5. The summed E-state index contributed by atoms with van der Waals surface area (Å²) in [6.45, 7) is 12.0. The Bertz CT molecular complexity index is 447. The molecule has 0 heterocycles. The van der Waals surface area contributed by atoms with E-state index >= 15 is 0 Å². The average molecular weight is 425 g/mol. The molecule has 0 N–H and O–H groups in total. The Morgan fingerprint density at radius 1 is 0.759 bits per heavy atom. The molecule has 0 amide bonds. The van der Waals surface area contributed by atoms with Crippen LogP contribution < -0.4 is 0 Å². The first kappa shape index (κ1) is 46.1. The van der Waals surface area contributed by atoms with Gasteiger partial charge in [-0.25, -0.2) is 0 Å². The standard InChI is InChI=1S/C18H32O5.6CH4/c1-13(19)17(5,6)23-15(21)18(7,11-9-10-12-22-8)14(20)16(2,3)4;;;;;;/h9-12H2,1-8H3;6*1H4. The van der Waals surface area contributed by atoms with Crippen LogP contribution in [0.25, 0.3) is 0 Å². The summed E-state index contributed by atoms with van der Waals surface area (Å²) in [6, 6.07) is 0. The zero-order valence-corrected chi connectivity index (χ0v) is 15.9. The predicted molar refractivity (Wildman–Crippen MR) is 130 cm³/mol. The number of ether oxygens (including phenoxy) is 2. The molecule has 0 aromatic rings. The highest BCUT2D eigenvalue weighted by atomic mass is 16.6. The summed E-state index contributed by atoms with van der Waals surface area (Å²) in [5, 5.41) is 0. The molecule has 0 saturated carbocycles. The number of rotatable bonds is 9. The van der Waals surface area contributed by atoms with Crippen LogP contribution in [-0.2, 0) is 23.9 Å². The normalized spacial score (nSPS) is 11.9. The molecular weight excluding hydrogens is 368 g/mol. The van der Waals surface area contributed by atoms with Gasteiger partial charge in [-0.05, 0) is 47.0 Å². The van der Waals surface area contributed by atoms with Crippen molar-refractivity contribution in [3.05, 3.63) is 0 Å². The molecule has 1 unspecified atom stereocenters. The highest BCUT2D eigenvalue weighted by molar-refractivity contribution is 6.06. The van der Waals surface area contributed by atoms with E-state index in [2.05, 4.69) is 0 Å². The van der Waals surface area contributed by atoms with Crippen molar-refractivity contribution >= 4 is 17.5 Å². The van der Waals surface area contributed by atoms with Crippen molar-refractivity contribution < 1.29 is 23.9 Å². The number of carbonyl (C=O) groups excluding carboxylic acids is 3. The Kier molecular flexibility index (Phi) is 28.0. The minimum Gasteiger partial charge on any atom is -0.451 e. The van der Waals surface area contributed by atoms with E-state index in [-0.39, 0.29) is 56.1 Å². The van der Waals surface area contributed by atoms with Gasteiger partial charge in [-0.2, -0.15) is 0 Å². The Balaban J connectivity index is -0.000000161. The number of carbonyl (C=O) groups is 3. The number of esters is 1. The van der Waals surface area contributed by atoms with Crippen LogP contribution in [0.1, 0.15) is 112 Å². The smallest absolute Gasteiger partial charge is 0.320 e. The first-order valence-electron chi connectivity index (χ1n) is 8.07. The third-order valence-electron chi connectivity index (χ3n) is 4.10. The zero-order valence-electron chi connectivity index (χ0n) is 15.9. The van der Waals surface area contributed by atoms with Crippen LogP contribution in [0.2, 0.25) is 0 Å². The number of Topliss-reactive ketones (excluding diaryl/α,β-unsaturated/α-hetero) is 2. The molecule has 0 aromatic carbocycles. The molecule has 0 radical (unpaired) electrons. The van der Waals surface area contributed by atoms with E-state index in [0.29, 0.717) is 19.4 Å². The van der Waals surface area contributed by atoms with E-state index in [1.807, 2.05) is 0 Å². The van der Waals surface area contributed by atoms with Gasteiger partial charge in [-0.3, -0.25) is 14.4 Å². The highest BCUT2D eigenvalue weighted by Crippen LogP contribution is 2.36. The molecule has 1 atom stereocenters. The molecule has 0 rings (SSSR count). The summed E-state index contributed by atoms with van der Waals surface area (Å²) in [5.74, 6) is -1.06. The third kappa shape index (κ3) is 13.6. The molecular formula is C24H56O5. The van der Waals surface area contributed by atoms with E-state index in [4.69, 9.17) is 9.47 Å².